The molecule has 0 spiro atoms. The summed E-state index contributed by atoms with van der Waals surface area (Å²) in [6.45, 7) is 0. The lowest BCUT2D eigenvalue weighted by molar-refractivity contribution is -0.135. The van der Waals surface area contributed by atoms with Gasteiger partial charge in [0.1, 0.15) is 6.04 Å². The largest absolute Gasteiger partial charge is 0.449 e. The minimum Gasteiger partial charge on any atom is -0.323 e. The van der Waals surface area contributed by atoms with Gasteiger partial charge in [0.25, 0.3) is 0 Å². The predicted molar refractivity (Wildman–Crippen MR) is 48.6 cm³/mol. The van der Waals surface area contributed by atoms with Crippen molar-refractivity contribution in [2.24, 2.45) is 5.73 Å². The molecule has 6 nitrogen and oxygen atoms in total. The van der Waals surface area contributed by atoms with Crippen molar-refractivity contribution >= 4 is 28.1 Å². The van der Waals surface area contributed by atoms with Gasteiger partial charge >= 0.3 is 16.4 Å². The fourth-order valence-corrected chi connectivity index (χ4v) is 1.35. The Hall–Kier alpha value is -0.310. The molecule has 0 aliphatic carbocycles. The molecular formula is C5H11NO5S2. The van der Waals surface area contributed by atoms with Crippen LogP contribution in [0.5, 0.6) is 0 Å². The zero-order chi connectivity index (χ0) is 10.5. The summed E-state index contributed by atoms with van der Waals surface area (Å²) in [6.07, 6.45) is 2.12. The van der Waals surface area contributed by atoms with Gasteiger partial charge in [-0.2, -0.15) is 20.2 Å². The van der Waals surface area contributed by atoms with Crippen molar-refractivity contribution in [2.75, 3.05) is 12.0 Å². The Morgan fingerprint density at radius 3 is 2.62 bits per heavy atom. The number of hydrogen-bond acceptors (Lipinski definition) is 6. The highest BCUT2D eigenvalue weighted by molar-refractivity contribution is 7.98. The maximum absolute atomic E-state index is 10.8. The van der Waals surface area contributed by atoms with E-state index in [2.05, 4.69) is 4.18 Å². The van der Waals surface area contributed by atoms with Crippen LogP contribution in [0.15, 0.2) is 0 Å². The summed E-state index contributed by atoms with van der Waals surface area (Å²) in [5.41, 5.74) is 5.25. The molecule has 0 aliphatic rings. The highest BCUT2D eigenvalue weighted by Crippen LogP contribution is 2.01. The van der Waals surface area contributed by atoms with Gasteiger partial charge in [-0.1, -0.05) is 0 Å². The third kappa shape index (κ3) is 6.82. The zero-order valence-corrected chi connectivity index (χ0v) is 8.60. The lowest BCUT2D eigenvalue weighted by Gasteiger charge is -2.07. The minimum atomic E-state index is -4.73. The molecule has 0 bridgehead atoms. The van der Waals surface area contributed by atoms with Gasteiger partial charge in [-0.05, 0) is 18.4 Å². The first-order valence-corrected chi connectivity index (χ1v) is 6.08. The first-order valence-electron chi connectivity index (χ1n) is 3.32. The maximum Gasteiger partial charge on any atom is 0.449 e. The molecule has 0 radical (unpaired) electrons. The third-order valence-corrected chi connectivity index (χ3v) is 2.14. The van der Waals surface area contributed by atoms with Gasteiger partial charge < -0.3 is 9.92 Å². The SMILES string of the molecule is CSCC[C@H](N)C(=O)OS(=O)(=O)O. The Kier molecular flexibility index (Phi) is 5.30. The van der Waals surface area contributed by atoms with Crippen LogP contribution < -0.4 is 5.73 Å². The smallest absolute Gasteiger partial charge is 0.323 e. The highest BCUT2D eigenvalue weighted by atomic mass is 32.3. The Bertz CT molecular complexity index is 262. The van der Waals surface area contributed by atoms with Crippen LogP contribution in [0.2, 0.25) is 0 Å². The van der Waals surface area contributed by atoms with E-state index in [1.165, 1.54) is 11.8 Å². The number of thioether (sulfide) groups is 1. The molecule has 0 amide bonds. The van der Waals surface area contributed by atoms with Crippen LogP contribution in [0.4, 0.5) is 0 Å². The molecule has 0 aromatic carbocycles. The Morgan fingerprint density at radius 2 is 2.23 bits per heavy atom. The summed E-state index contributed by atoms with van der Waals surface area (Å²) >= 11 is 1.47. The molecule has 0 aromatic heterocycles. The van der Waals surface area contributed by atoms with Crippen molar-refractivity contribution < 1.29 is 21.9 Å². The third-order valence-electron chi connectivity index (χ3n) is 1.12. The van der Waals surface area contributed by atoms with E-state index >= 15 is 0 Å². The summed E-state index contributed by atoms with van der Waals surface area (Å²) < 4.78 is 31.9. The predicted octanol–water partition coefficient (Wildman–Crippen LogP) is -0.587. The van der Waals surface area contributed by atoms with Crippen molar-refractivity contribution in [3.63, 3.8) is 0 Å². The molecule has 78 valence electrons. The molecule has 3 N–H and O–H groups in total. The molecule has 0 saturated heterocycles. The second-order valence-corrected chi connectivity index (χ2v) is 4.23. The number of carbonyl (C=O) groups is 1. The number of hydrogen-bond donors (Lipinski definition) is 2. The first kappa shape index (κ1) is 12.7. The van der Waals surface area contributed by atoms with Gasteiger partial charge in [0.15, 0.2) is 0 Å². The average molecular weight is 229 g/mol. The molecule has 0 heterocycles. The van der Waals surface area contributed by atoms with Crippen molar-refractivity contribution in [1.29, 1.82) is 0 Å². The fraction of sp³-hybridized carbons (Fsp3) is 0.800. The molecule has 0 saturated carbocycles. The Labute approximate surface area is 80.8 Å². The van der Waals surface area contributed by atoms with Crippen LogP contribution in [0.1, 0.15) is 6.42 Å². The Morgan fingerprint density at radius 1 is 1.69 bits per heavy atom. The summed E-state index contributed by atoms with van der Waals surface area (Å²) in [5.74, 6) is -0.529. The average Bonchev–Trinajstić information content (AvgIpc) is 1.96. The summed E-state index contributed by atoms with van der Waals surface area (Å²) in [6, 6.07) is -1.02. The van der Waals surface area contributed by atoms with Crippen LogP contribution in [-0.4, -0.2) is 37.0 Å². The number of rotatable bonds is 5. The van der Waals surface area contributed by atoms with E-state index in [0.29, 0.717) is 12.2 Å². The standard InChI is InChI=1S/C5H11NO5S2/c1-12-3-2-4(6)5(7)11-13(8,9)10/h4H,2-3,6H2,1H3,(H,8,9,10)/t4-/m0/s1. The van der Waals surface area contributed by atoms with Crippen LogP contribution in [0, 0.1) is 0 Å². The van der Waals surface area contributed by atoms with Crippen LogP contribution >= 0.6 is 11.8 Å². The normalized spacial score (nSPS) is 13.8. The molecule has 0 rings (SSSR count). The summed E-state index contributed by atoms with van der Waals surface area (Å²) in [5, 5.41) is 0. The van der Waals surface area contributed by atoms with Gasteiger partial charge in [-0.15, -0.1) is 0 Å². The van der Waals surface area contributed by atoms with E-state index in [9.17, 15) is 13.2 Å². The molecule has 0 aromatic rings. The van der Waals surface area contributed by atoms with Crippen LogP contribution in [0.25, 0.3) is 0 Å². The molecule has 0 fully saturated rings. The van der Waals surface area contributed by atoms with E-state index in [1.54, 1.807) is 0 Å². The van der Waals surface area contributed by atoms with E-state index < -0.39 is 22.4 Å². The summed E-state index contributed by atoms with van der Waals surface area (Å²) in [7, 11) is -4.73. The number of carbonyl (C=O) groups excluding carboxylic acids is 1. The van der Waals surface area contributed by atoms with Gasteiger partial charge in [0.05, 0.1) is 0 Å². The minimum absolute atomic E-state index is 0.301. The molecule has 1 atom stereocenters. The number of nitrogens with two attached hydrogens (primary N) is 1. The van der Waals surface area contributed by atoms with Crippen molar-refractivity contribution in [2.45, 2.75) is 12.5 Å². The summed E-state index contributed by atoms with van der Waals surface area (Å²) in [4.78, 5) is 10.8. The van der Waals surface area contributed by atoms with Gasteiger partial charge in [-0.25, -0.2) is 4.79 Å². The first-order chi connectivity index (χ1) is 5.87. The van der Waals surface area contributed by atoms with Gasteiger partial charge in [0, 0.05) is 0 Å². The molecular weight excluding hydrogens is 218 g/mol. The Balaban J connectivity index is 3.97. The van der Waals surface area contributed by atoms with E-state index in [4.69, 9.17) is 10.3 Å². The van der Waals surface area contributed by atoms with Gasteiger partial charge in [0.2, 0.25) is 0 Å². The quantitative estimate of drug-likeness (QED) is 0.607. The molecule has 0 aliphatic heterocycles. The zero-order valence-electron chi connectivity index (χ0n) is 6.97. The highest BCUT2D eigenvalue weighted by Gasteiger charge is 2.20. The second kappa shape index (κ2) is 5.43. The monoisotopic (exact) mass is 229 g/mol. The van der Waals surface area contributed by atoms with Crippen molar-refractivity contribution in [3.8, 4) is 0 Å². The van der Waals surface area contributed by atoms with Gasteiger partial charge in [-0.3, -0.25) is 4.55 Å². The van der Waals surface area contributed by atoms with E-state index in [0.717, 1.165) is 0 Å². The molecule has 0 unspecified atom stereocenters. The van der Waals surface area contributed by atoms with Crippen molar-refractivity contribution in [3.05, 3.63) is 0 Å². The van der Waals surface area contributed by atoms with Crippen LogP contribution in [0.3, 0.4) is 0 Å². The van der Waals surface area contributed by atoms with Crippen LogP contribution in [-0.2, 0) is 19.4 Å². The second-order valence-electron chi connectivity index (χ2n) is 2.22. The lowest BCUT2D eigenvalue weighted by atomic mass is 10.2. The van der Waals surface area contributed by atoms with Crippen molar-refractivity contribution in [1.82, 2.24) is 0 Å². The van der Waals surface area contributed by atoms with E-state index in [-0.39, 0.29) is 0 Å². The fourth-order valence-electron chi connectivity index (χ4n) is 0.528. The molecule has 8 heteroatoms. The maximum atomic E-state index is 10.8. The lowest BCUT2D eigenvalue weighted by Crippen LogP contribution is -2.34. The molecule has 13 heavy (non-hydrogen) atoms. The van der Waals surface area contributed by atoms with E-state index in [1.807, 2.05) is 6.26 Å². The topological polar surface area (TPSA) is 107 Å².